The maximum absolute atomic E-state index is 5.73. The first kappa shape index (κ1) is 12.3. The van der Waals surface area contributed by atoms with E-state index in [4.69, 9.17) is 9.47 Å². The molecule has 0 aromatic heterocycles. The first-order chi connectivity index (χ1) is 8.83. The topological polar surface area (TPSA) is 30.5 Å². The largest absolute Gasteiger partial charge is 0.490 e. The van der Waals surface area contributed by atoms with Crippen molar-refractivity contribution in [3.8, 4) is 11.5 Å². The lowest BCUT2D eigenvalue weighted by Gasteiger charge is -2.26. The van der Waals surface area contributed by atoms with Crippen LogP contribution in [0.5, 0.6) is 11.5 Å². The van der Waals surface area contributed by atoms with Crippen LogP contribution in [0.4, 0.5) is 0 Å². The van der Waals surface area contributed by atoms with Crippen molar-refractivity contribution in [3.63, 3.8) is 0 Å². The van der Waals surface area contributed by atoms with E-state index in [1.165, 1.54) is 24.8 Å². The fourth-order valence-corrected chi connectivity index (χ4v) is 2.86. The zero-order valence-electron chi connectivity index (χ0n) is 10.4. The fraction of sp³-hybridized carbons (Fsp3) is 0.571. The molecule has 0 bridgehead atoms. The van der Waals surface area contributed by atoms with Gasteiger partial charge in [0.1, 0.15) is 0 Å². The molecule has 0 saturated heterocycles. The Kier molecular flexibility index (Phi) is 3.75. The molecule has 1 aliphatic carbocycles. The van der Waals surface area contributed by atoms with Crippen LogP contribution in [0.25, 0.3) is 0 Å². The van der Waals surface area contributed by atoms with Crippen molar-refractivity contribution in [1.29, 1.82) is 0 Å². The van der Waals surface area contributed by atoms with E-state index >= 15 is 0 Å². The van der Waals surface area contributed by atoms with Crippen LogP contribution in [0.1, 0.15) is 31.2 Å². The van der Waals surface area contributed by atoms with Gasteiger partial charge in [-0.1, -0.05) is 6.42 Å². The number of hydrogen-bond donors (Lipinski definition) is 1. The molecule has 1 fully saturated rings. The van der Waals surface area contributed by atoms with Crippen molar-refractivity contribution in [2.75, 3.05) is 13.2 Å². The molecule has 0 unspecified atom stereocenters. The van der Waals surface area contributed by atoms with Gasteiger partial charge in [0.05, 0.1) is 17.7 Å². The molecule has 3 rings (SSSR count). The maximum Gasteiger partial charge on any atom is 0.175 e. The van der Waals surface area contributed by atoms with Gasteiger partial charge < -0.3 is 14.8 Å². The van der Waals surface area contributed by atoms with Crippen molar-refractivity contribution in [2.45, 2.75) is 38.3 Å². The first-order valence-electron chi connectivity index (χ1n) is 6.64. The first-order valence-corrected chi connectivity index (χ1v) is 7.43. The second-order valence-corrected chi connectivity index (χ2v) is 5.82. The fourth-order valence-electron chi connectivity index (χ4n) is 2.26. The van der Waals surface area contributed by atoms with Gasteiger partial charge in [-0.2, -0.15) is 0 Å². The molecule has 2 aliphatic rings. The van der Waals surface area contributed by atoms with Gasteiger partial charge in [-0.3, -0.25) is 0 Å². The highest BCUT2D eigenvalue weighted by Gasteiger charge is 2.18. The standard InChI is InChI=1S/C14H18BrNO2/c15-12-7-10(9-16-11-3-1-4-11)8-13-14(12)18-6-2-5-17-13/h7-8,11,16H,1-6,9H2. The van der Waals surface area contributed by atoms with Gasteiger partial charge in [-0.15, -0.1) is 0 Å². The van der Waals surface area contributed by atoms with E-state index < -0.39 is 0 Å². The van der Waals surface area contributed by atoms with Crippen molar-refractivity contribution in [2.24, 2.45) is 0 Å². The Bertz CT molecular complexity index is 432. The lowest BCUT2D eigenvalue weighted by Crippen LogP contribution is -2.34. The van der Waals surface area contributed by atoms with E-state index in [-0.39, 0.29) is 0 Å². The number of halogens is 1. The average Bonchev–Trinajstić information content (AvgIpc) is 2.52. The SMILES string of the molecule is Brc1cc(CNC2CCC2)cc2c1OCCCO2. The van der Waals surface area contributed by atoms with Crippen LogP contribution < -0.4 is 14.8 Å². The Morgan fingerprint density at radius 3 is 2.78 bits per heavy atom. The summed E-state index contributed by atoms with van der Waals surface area (Å²) in [6, 6.07) is 4.93. The zero-order chi connectivity index (χ0) is 12.4. The molecule has 1 N–H and O–H groups in total. The molecule has 18 heavy (non-hydrogen) atoms. The number of rotatable bonds is 3. The average molecular weight is 312 g/mol. The molecule has 1 aromatic carbocycles. The summed E-state index contributed by atoms with van der Waals surface area (Å²) in [5.74, 6) is 1.71. The quantitative estimate of drug-likeness (QED) is 0.929. The Labute approximate surface area is 116 Å². The van der Waals surface area contributed by atoms with Crippen LogP contribution in [0, 0.1) is 0 Å². The number of fused-ring (bicyclic) bond motifs is 1. The van der Waals surface area contributed by atoms with Crippen LogP contribution in [-0.2, 0) is 6.54 Å². The molecule has 1 aliphatic heterocycles. The maximum atomic E-state index is 5.73. The van der Waals surface area contributed by atoms with Gasteiger partial charge in [0, 0.05) is 19.0 Å². The van der Waals surface area contributed by atoms with Crippen LogP contribution in [0.3, 0.4) is 0 Å². The molecule has 4 heteroatoms. The number of hydrogen-bond acceptors (Lipinski definition) is 3. The second kappa shape index (κ2) is 5.49. The zero-order valence-corrected chi connectivity index (χ0v) is 12.0. The second-order valence-electron chi connectivity index (χ2n) is 4.96. The van der Waals surface area contributed by atoms with Crippen molar-refractivity contribution in [3.05, 3.63) is 22.2 Å². The van der Waals surface area contributed by atoms with Crippen molar-refractivity contribution < 1.29 is 9.47 Å². The molecular weight excluding hydrogens is 294 g/mol. The van der Waals surface area contributed by atoms with Gasteiger partial charge in [0.2, 0.25) is 0 Å². The van der Waals surface area contributed by atoms with E-state index in [2.05, 4.69) is 33.4 Å². The van der Waals surface area contributed by atoms with E-state index in [1.807, 2.05) is 0 Å². The monoisotopic (exact) mass is 311 g/mol. The molecule has 98 valence electrons. The third-order valence-corrected chi connectivity index (χ3v) is 4.15. The number of nitrogens with one attached hydrogen (secondary N) is 1. The van der Waals surface area contributed by atoms with Crippen LogP contribution in [-0.4, -0.2) is 19.3 Å². The summed E-state index contributed by atoms with van der Waals surface area (Å²) >= 11 is 3.57. The summed E-state index contributed by atoms with van der Waals surface area (Å²) in [5, 5.41) is 3.57. The Hall–Kier alpha value is -0.740. The molecule has 0 atom stereocenters. The predicted octanol–water partition coefficient (Wildman–Crippen LogP) is 3.25. The van der Waals surface area contributed by atoms with E-state index in [1.54, 1.807) is 0 Å². The van der Waals surface area contributed by atoms with Crippen molar-refractivity contribution in [1.82, 2.24) is 5.32 Å². The lowest BCUT2D eigenvalue weighted by atomic mass is 9.93. The highest BCUT2D eigenvalue weighted by atomic mass is 79.9. The molecular formula is C14H18BrNO2. The third kappa shape index (κ3) is 2.64. The summed E-state index contributed by atoms with van der Waals surface area (Å²) in [6.07, 6.45) is 4.93. The summed E-state index contributed by atoms with van der Waals surface area (Å²) in [6.45, 7) is 2.37. The van der Waals surface area contributed by atoms with E-state index in [0.29, 0.717) is 6.04 Å². The van der Waals surface area contributed by atoms with Crippen LogP contribution in [0.2, 0.25) is 0 Å². The Balaban J connectivity index is 1.74. The molecule has 1 aromatic rings. The smallest absolute Gasteiger partial charge is 0.175 e. The van der Waals surface area contributed by atoms with E-state index in [0.717, 1.165) is 42.2 Å². The normalized spacial score (nSPS) is 19.2. The highest BCUT2D eigenvalue weighted by molar-refractivity contribution is 9.10. The van der Waals surface area contributed by atoms with Crippen molar-refractivity contribution >= 4 is 15.9 Å². The van der Waals surface area contributed by atoms with Gasteiger partial charge in [-0.05, 0) is 46.5 Å². The summed E-state index contributed by atoms with van der Waals surface area (Å²) < 4.78 is 12.4. The minimum absolute atomic E-state index is 0.708. The van der Waals surface area contributed by atoms with Gasteiger partial charge >= 0.3 is 0 Å². The summed E-state index contributed by atoms with van der Waals surface area (Å²) in [5.41, 5.74) is 1.25. The minimum atomic E-state index is 0.708. The molecule has 1 saturated carbocycles. The highest BCUT2D eigenvalue weighted by Crippen LogP contribution is 2.38. The van der Waals surface area contributed by atoms with Crippen LogP contribution in [0.15, 0.2) is 16.6 Å². The molecule has 0 spiro atoms. The number of ether oxygens (including phenoxy) is 2. The van der Waals surface area contributed by atoms with Crippen LogP contribution >= 0.6 is 15.9 Å². The van der Waals surface area contributed by atoms with Gasteiger partial charge in [0.15, 0.2) is 11.5 Å². The molecule has 1 heterocycles. The lowest BCUT2D eigenvalue weighted by molar-refractivity contribution is 0.296. The van der Waals surface area contributed by atoms with Gasteiger partial charge in [-0.25, -0.2) is 0 Å². The van der Waals surface area contributed by atoms with Gasteiger partial charge in [0.25, 0.3) is 0 Å². The summed E-state index contributed by atoms with van der Waals surface area (Å²) in [4.78, 5) is 0. The summed E-state index contributed by atoms with van der Waals surface area (Å²) in [7, 11) is 0. The molecule has 3 nitrogen and oxygen atoms in total. The molecule has 0 amide bonds. The van der Waals surface area contributed by atoms with E-state index in [9.17, 15) is 0 Å². The Morgan fingerprint density at radius 1 is 1.17 bits per heavy atom. The number of benzene rings is 1. The molecule has 0 radical (unpaired) electrons. The Morgan fingerprint density at radius 2 is 2.00 bits per heavy atom. The third-order valence-electron chi connectivity index (χ3n) is 3.56. The predicted molar refractivity (Wildman–Crippen MR) is 74.2 cm³/mol. The minimum Gasteiger partial charge on any atom is -0.490 e.